The van der Waals surface area contributed by atoms with Crippen molar-refractivity contribution < 1.29 is 28.6 Å². The second-order valence-corrected chi connectivity index (χ2v) is 17.5. The third-order valence-electron chi connectivity index (χ3n) is 11.3. The fourth-order valence-corrected chi connectivity index (χ4v) is 7.25. The van der Waals surface area contributed by atoms with Crippen molar-refractivity contribution in [1.82, 2.24) is 0 Å². The Morgan fingerprint density at radius 3 is 1.04 bits per heavy atom. The smallest absolute Gasteiger partial charge is 0.306 e. The maximum absolute atomic E-state index is 12.7. The molecule has 326 valence electrons. The second-order valence-electron chi connectivity index (χ2n) is 17.5. The Morgan fingerprint density at radius 2 is 0.691 bits per heavy atom. The number of esters is 3. The fourth-order valence-electron chi connectivity index (χ4n) is 7.25. The van der Waals surface area contributed by atoms with E-state index in [2.05, 4.69) is 34.6 Å². The van der Waals surface area contributed by atoms with Crippen LogP contribution in [-0.4, -0.2) is 37.2 Å². The highest BCUT2D eigenvalue weighted by Gasteiger charge is 2.19. The van der Waals surface area contributed by atoms with E-state index in [4.69, 9.17) is 14.2 Å². The lowest BCUT2D eigenvalue weighted by molar-refractivity contribution is -0.167. The van der Waals surface area contributed by atoms with Crippen LogP contribution in [0.5, 0.6) is 0 Å². The van der Waals surface area contributed by atoms with E-state index in [1.54, 1.807) is 0 Å². The molecule has 0 aromatic heterocycles. The molecule has 55 heavy (non-hydrogen) atoms. The predicted molar refractivity (Wildman–Crippen MR) is 233 cm³/mol. The Kier molecular flexibility index (Phi) is 40.8. The molecule has 0 spiro atoms. The standard InChI is InChI=1S/C49H94O6/c1-6-8-9-10-11-12-13-14-15-16-17-18-19-23-29-34-39-47(50)53-42-46(55-49(52)41-36-31-26-25-27-32-37-44(3)4)43-54-48(51)40-35-30-24-21-20-22-28-33-38-45(5)7-2/h44-46H,6-43H2,1-5H3/t45?,46-/m1/s1. The predicted octanol–water partition coefficient (Wildman–Crippen LogP) is 15.4. The summed E-state index contributed by atoms with van der Waals surface area (Å²) in [5.41, 5.74) is 0. The number of unbranched alkanes of at least 4 members (excludes halogenated alkanes) is 27. The maximum Gasteiger partial charge on any atom is 0.306 e. The number of hydrogen-bond acceptors (Lipinski definition) is 6. The molecule has 0 amide bonds. The van der Waals surface area contributed by atoms with Gasteiger partial charge in [0.1, 0.15) is 13.2 Å². The summed E-state index contributed by atoms with van der Waals surface area (Å²) < 4.78 is 16.7. The van der Waals surface area contributed by atoms with Gasteiger partial charge in [0.15, 0.2) is 6.10 Å². The molecule has 0 N–H and O–H groups in total. The van der Waals surface area contributed by atoms with Gasteiger partial charge in [-0.2, -0.15) is 0 Å². The molecule has 0 bridgehead atoms. The second kappa shape index (κ2) is 42.0. The van der Waals surface area contributed by atoms with Crippen molar-refractivity contribution >= 4 is 17.9 Å². The van der Waals surface area contributed by atoms with Crippen molar-refractivity contribution in [2.24, 2.45) is 11.8 Å². The van der Waals surface area contributed by atoms with Crippen LogP contribution in [0.15, 0.2) is 0 Å². The van der Waals surface area contributed by atoms with Gasteiger partial charge in [0, 0.05) is 19.3 Å². The summed E-state index contributed by atoms with van der Waals surface area (Å²) >= 11 is 0. The zero-order valence-corrected chi connectivity index (χ0v) is 37.6. The fraction of sp³-hybridized carbons (Fsp3) is 0.939. The van der Waals surface area contributed by atoms with Gasteiger partial charge >= 0.3 is 17.9 Å². The summed E-state index contributed by atoms with van der Waals surface area (Å²) in [5, 5.41) is 0. The summed E-state index contributed by atoms with van der Waals surface area (Å²) in [6, 6.07) is 0. The van der Waals surface area contributed by atoms with Gasteiger partial charge in [-0.15, -0.1) is 0 Å². The molecule has 0 saturated carbocycles. The van der Waals surface area contributed by atoms with E-state index in [0.29, 0.717) is 19.3 Å². The highest BCUT2D eigenvalue weighted by atomic mass is 16.6. The Balaban J connectivity index is 4.27. The lowest BCUT2D eigenvalue weighted by Crippen LogP contribution is -2.30. The van der Waals surface area contributed by atoms with E-state index in [9.17, 15) is 14.4 Å². The summed E-state index contributed by atoms with van der Waals surface area (Å²) in [6.45, 7) is 11.3. The summed E-state index contributed by atoms with van der Waals surface area (Å²) in [4.78, 5) is 37.8. The maximum atomic E-state index is 12.7. The SMILES string of the molecule is CCCCCCCCCCCCCCCCCCC(=O)OC[C@H](COC(=O)CCCCCCCCCCC(C)CC)OC(=O)CCCCCCCCC(C)C. The Morgan fingerprint density at radius 1 is 0.382 bits per heavy atom. The minimum absolute atomic E-state index is 0.0656. The molecule has 0 radical (unpaired) electrons. The molecule has 6 nitrogen and oxygen atoms in total. The Bertz CT molecular complexity index is 841. The topological polar surface area (TPSA) is 78.9 Å². The molecule has 0 aliphatic carbocycles. The minimum atomic E-state index is -0.762. The molecule has 1 unspecified atom stereocenters. The van der Waals surface area contributed by atoms with E-state index in [1.807, 2.05) is 0 Å². The van der Waals surface area contributed by atoms with Gasteiger partial charge in [0.2, 0.25) is 0 Å². The van der Waals surface area contributed by atoms with Crippen LogP contribution >= 0.6 is 0 Å². The van der Waals surface area contributed by atoms with E-state index in [1.165, 1.54) is 154 Å². The molecular formula is C49H94O6. The lowest BCUT2D eigenvalue weighted by atomic mass is 9.99. The van der Waals surface area contributed by atoms with Crippen molar-refractivity contribution in [2.45, 2.75) is 272 Å². The monoisotopic (exact) mass is 779 g/mol. The molecule has 0 saturated heterocycles. The molecule has 0 aliphatic rings. The number of hydrogen-bond donors (Lipinski definition) is 0. The average Bonchev–Trinajstić information content (AvgIpc) is 3.17. The molecule has 0 aromatic carbocycles. The van der Waals surface area contributed by atoms with Crippen molar-refractivity contribution in [3.63, 3.8) is 0 Å². The highest BCUT2D eigenvalue weighted by molar-refractivity contribution is 5.71. The number of rotatable bonds is 43. The van der Waals surface area contributed by atoms with Gasteiger partial charge in [-0.05, 0) is 31.1 Å². The van der Waals surface area contributed by atoms with Crippen molar-refractivity contribution in [3.8, 4) is 0 Å². The van der Waals surface area contributed by atoms with Crippen LogP contribution in [0.1, 0.15) is 266 Å². The van der Waals surface area contributed by atoms with Crippen LogP contribution in [0.25, 0.3) is 0 Å². The molecule has 0 aliphatic heterocycles. The molecule has 0 rings (SSSR count). The third kappa shape index (κ3) is 41.9. The number of ether oxygens (including phenoxy) is 3. The van der Waals surface area contributed by atoms with Gasteiger partial charge in [0.05, 0.1) is 0 Å². The minimum Gasteiger partial charge on any atom is -0.462 e. The largest absolute Gasteiger partial charge is 0.462 e. The van der Waals surface area contributed by atoms with Crippen LogP contribution in [-0.2, 0) is 28.6 Å². The van der Waals surface area contributed by atoms with Crippen molar-refractivity contribution in [2.75, 3.05) is 13.2 Å². The number of carbonyl (C=O) groups is 3. The molecule has 0 fully saturated rings. The Hall–Kier alpha value is -1.59. The first-order valence-corrected chi connectivity index (χ1v) is 24.3. The first-order valence-electron chi connectivity index (χ1n) is 24.3. The molecule has 2 atom stereocenters. The van der Waals surface area contributed by atoms with Gasteiger partial charge in [-0.25, -0.2) is 0 Å². The van der Waals surface area contributed by atoms with Gasteiger partial charge in [0.25, 0.3) is 0 Å². The number of carbonyl (C=O) groups excluding carboxylic acids is 3. The van der Waals surface area contributed by atoms with Gasteiger partial charge < -0.3 is 14.2 Å². The van der Waals surface area contributed by atoms with E-state index < -0.39 is 6.10 Å². The summed E-state index contributed by atoms with van der Waals surface area (Å²) in [6.07, 6.45) is 41.0. The first kappa shape index (κ1) is 53.4. The van der Waals surface area contributed by atoms with E-state index in [0.717, 1.165) is 69.6 Å². The average molecular weight is 779 g/mol. The lowest BCUT2D eigenvalue weighted by Gasteiger charge is -2.18. The van der Waals surface area contributed by atoms with Crippen molar-refractivity contribution in [1.29, 1.82) is 0 Å². The van der Waals surface area contributed by atoms with Crippen molar-refractivity contribution in [3.05, 3.63) is 0 Å². The van der Waals surface area contributed by atoms with E-state index in [-0.39, 0.29) is 31.1 Å². The van der Waals surface area contributed by atoms with Crippen LogP contribution < -0.4 is 0 Å². The Labute approximate surface area is 342 Å². The molecular weight excluding hydrogens is 685 g/mol. The van der Waals surface area contributed by atoms with Crippen LogP contribution in [0.2, 0.25) is 0 Å². The summed E-state index contributed by atoms with van der Waals surface area (Å²) in [7, 11) is 0. The van der Waals surface area contributed by atoms with Gasteiger partial charge in [-0.1, -0.05) is 227 Å². The molecule has 0 aromatic rings. The van der Waals surface area contributed by atoms with Gasteiger partial charge in [-0.3, -0.25) is 14.4 Å². The molecule has 0 heterocycles. The van der Waals surface area contributed by atoms with Crippen LogP contribution in [0.3, 0.4) is 0 Å². The highest BCUT2D eigenvalue weighted by Crippen LogP contribution is 2.17. The zero-order chi connectivity index (χ0) is 40.5. The zero-order valence-electron chi connectivity index (χ0n) is 37.6. The first-order chi connectivity index (χ1) is 26.8. The van der Waals surface area contributed by atoms with Crippen LogP contribution in [0, 0.1) is 11.8 Å². The summed E-state index contributed by atoms with van der Waals surface area (Å²) in [5.74, 6) is 0.747. The normalized spacial score (nSPS) is 12.5. The third-order valence-corrected chi connectivity index (χ3v) is 11.3. The molecule has 6 heteroatoms. The quantitative estimate of drug-likeness (QED) is 0.0348. The van der Waals surface area contributed by atoms with E-state index >= 15 is 0 Å². The van der Waals surface area contributed by atoms with Crippen LogP contribution in [0.4, 0.5) is 0 Å².